The molecule has 1 aliphatic rings. The van der Waals surface area contributed by atoms with Crippen LogP contribution in [0.1, 0.15) is 41.9 Å². The third kappa shape index (κ3) is 2.13. The quantitative estimate of drug-likeness (QED) is 0.778. The normalized spacial score (nSPS) is 16.9. The Balaban J connectivity index is 2.40. The van der Waals surface area contributed by atoms with Gasteiger partial charge in [-0.25, -0.2) is 0 Å². The van der Waals surface area contributed by atoms with Gasteiger partial charge in [-0.15, -0.1) is 0 Å². The van der Waals surface area contributed by atoms with Crippen molar-refractivity contribution in [2.45, 2.75) is 39.9 Å². The molecule has 0 amide bonds. The van der Waals surface area contributed by atoms with Crippen molar-refractivity contribution in [2.75, 3.05) is 13.2 Å². The standard InChI is InChI=1S/C14H20O2/c1-4-5-12-7-6-10(2)11(3)13(12)14-15-8-9-16-14/h6-7,14H,4-5,8-9H2,1-3H3. The van der Waals surface area contributed by atoms with Gasteiger partial charge in [0.15, 0.2) is 6.29 Å². The smallest absolute Gasteiger partial charge is 0.184 e. The summed E-state index contributed by atoms with van der Waals surface area (Å²) < 4.78 is 11.3. The highest BCUT2D eigenvalue weighted by Gasteiger charge is 2.23. The van der Waals surface area contributed by atoms with Gasteiger partial charge in [-0.05, 0) is 37.0 Å². The Hall–Kier alpha value is -0.860. The monoisotopic (exact) mass is 220 g/mol. The van der Waals surface area contributed by atoms with Crippen molar-refractivity contribution in [3.8, 4) is 0 Å². The molecule has 0 bridgehead atoms. The van der Waals surface area contributed by atoms with Crippen LogP contribution >= 0.6 is 0 Å². The highest BCUT2D eigenvalue weighted by molar-refractivity contribution is 5.41. The number of benzene rings is 1. The van der Waals surface area contributed by atoms with Gasteiger partial charge in [0.1, 0.15) is 0 Å². The van der Waals surface area contributed by atoms with Crippen molar-refractivity contribution in [2.24, 2.45) is 0 Å². The van der Waals surface area contributed by atoms with Crippen molar-refractivity contribution < 1.29 is 9.47 Å². The van der Waals surface area contributed by atoms with E-state index in [9.17, 15) is 0 Å². The number of aryl methyl sites for hydroxylation is 2. The number of ether oxygens (including phenoxy) is 2. The number of hydrogen-bond donors (Lipinski definition) is 0. The Morgan fingerprint density at radius 1 is 1.19 bits per heavy atom. The van der Waals surface area contributed by atoms with E-state index < -0.39 is 0 Å². The van der Waals surface area contributed by atoms with Gasteiger partial charge >= 0.3 is 0 Å². The molecule has 2 rings (SSSR count). The average Bonchev–Trinajstić information content (AvgIpc) is 2.77. The summed E-state index contributed by atoms with van der Waals surface area (Å²) >= 11 is 0. The molecule has 0 N–H and O–H groups in total. The zero-order valence-electron chi connectivity index (χ0n) is 10.4. The van der Waals surface area contributed by atoms with E-state index in [1.807, 2.05) is 0 Å². The van der Waals surface area contributed by atoms with E-state index >= 15 is 0 Å². The second-order valence-corrected chi connectivity index (χ2v) is 4.40. The fraction of sp³-hybridized carbons (Fsp3) is 0.571. The minimum absolute atomic E-state index is 0.138. The van der Waals surface area contributed by atoms with Crippen LogP contribution in [0, 0.1) is 13.8 Å². The van der Waals surface area contributed by atoms with Crippen LogP contribution in [0.25, 0.3) is 0 Å². The highest BCUT2D eigenvalue weighted by Crippen LogP contribution is 2.31. The molecule has 1 aromatic carbocycles. The third-order valence-electron chi connectivity index (χ3n) is 3.25. The molecule has 0 radical (unpaired) electrons. The van der Waals surface area contributed by atoms with Crippen LogP contribution in [-0.2, 0) is 15.9 Å². The topological polar surface area (TPSA) is 18.5 Å². The molecule has 0 aliphatic carbocycles. The second-order valence-electron chi connectivity index (χ2n) is 4.40. The van der Waals surface area contributed by atoms with Crippen molar-refractivity contribution >= 4 is 0 Å². The minimum atomic E-state index is -0.138. The molecule has 88 valence electrons. The van der Waals surface area contributed by atoms with Crippen molar-refractivity contribution in [3.63, 3.8) is 0 Å². The second kappa shape index (κ2) is 4.98. The molecule has 0 aromatic heterocycles. The summed E-state index contributed by atoms with van der Waals surface area (Å²) in [6, 6.07) is 4.41. The fourth-order valence-corrected chi connectivity index (χ4v) is 2.23. The lowest BCUT2D eigenvalue weighted by atomic mass is 9.94. The maximum atomic E-state index is 5.64. The molecule has 0 unspecified atom stereocenters. The molecule has 16 heavy (non-hydrogen) atoms. The molecule has 1 aliphatic heterocycles. The van der Waals surface area contributed by atoms with E-state index in [0.29, 0.717) is 13.2 Å². The van der Waals surface area contributed by atoms with E-state index in [2.05, 4.69) is 32.9 Å². The van der Waals surface area contributed by atoms with Gasteiger partial charge in [-0.1, -0.05) is 25.5 Å². The molecule has 1 heterocycles. The Labute approximate surface area is 97.6 Å². The first-order chi connectivity index (χ1) is 7.74. The minimum Gasteiger partial charge on any atom is -0.346 e. The Morgan fingerprint density at radius 2 is 1.88 bits per heavy atom. The third-order valence-corrected chi connectivity index (χ3v) is 3.25. The highest BCUT2D eigenvalue weighted by atomic mass is 16.7. The Bertz CT molecular complexity index is 365. The van der Waals surface area contributed by atoms with Gasteiger partial charge in [0.2, 0.25) is 0 Å². The van der Waals surface area contributed by atoms with Gasteiger partial charge in [-0.2, -0.15) is 0 Å². The van der Waals surface area contributed by atoms with Gasteiger partial charge in [0.25, 0.3) is 0 Å². The summed E-state index contributed by atoms with van der Waals surface area (Å²) in [7, 11) is 0. The summed E-state index contributed by atoms with van der Waals surface area (Å²) in [6.45, 7) is 7.93. The first-order valence-electron chi connectivity index (χ1n) is 6.06. The molecular formula is C14H20O2. The van der Waals surface area contributed by atoms with Crippen LogP contribution in [0.4, 0.5) is 0 Å². The molecule has 1 fully saturated rings. The zero-order valence-corrected chi connectivity index (χ0v) is 10.4. The van der Waals surface area contributed by atoms with Crippen LogP contribution in [0.15, 0.2) is 12.1 Å². The van der Waals surface area contributed by atoms with Crippen LogP contribution in [0.2, 0.25) is 0 Å². The van der Waals surface area contributed by atoms with Crippen LogP contribution < -0.4 is 0 Å². The van der Waals surface area contributed by atoms with E-state index in [1.165, 1.54) is 22.3 Å². The predicted octanol–water partition coefficient (Wildman–Crippen LogP) is 3.30. The van der Waals surface area contributed by atoms with E-state index in [4.69, 9.17) is 9.47 Å². The lowest BCUT2D eigenvalue weighted by Crippen LogP contribution is -2.07. The van der Waals surface area contributed by atoms with Crippen LogP contribution in [-0.4, -0.2) is 13.2 Å². The van der Waals surface area contributed by atoms with Crippen molar-refractivity contribution in [1.82, 2.24) is 0 Å². The summed E-state index contributed by atoms with van der Waals surface area (Å²) in [5, 5.41) is 0. The van der Waals surface area contributed by atoms with Gasteiger partial charge in [0, 0.05) is 5.56 Å². The van der Waals surface area contributed by atoms with Gasteiger partial charge < -0.3 is 9.47 Å². The predicted molar refractivity (Wildman–Crippen MR) is 64.6 cm³/mol. The summed E-state index contributed by atoms with van der Waals surface area (Å²) in [5.41, 5.74) is 5.27. The van der Waals surface area contributed by atoms with Crippen molar-refractivity contribution in [1.29, 1.82) is 0 Å². The Kier molecular flexibility index (Phi) is 3.62. The maximum Gasteiger partial charge on any atom is 0.184 e. The number of hydrogen-bond acceptors (Lipinski definition) is 2. The zero-order chi connectivity index (χ0) is 11.5. The Morgan fingerprint density at radius 3 is 2.50 bits per heavy atom. The van der Waals surface area contributed by atoms with Crippen molar-refractivity contribution in [3.05, 3.63) is 34.4 Å². The van der Waals surface area contributed by atoms with E-state index in [0.717, 1.165) is 12.8 Å². The lowest BCUT2D eigenvalue weighted by Gasteiger charge is -2.18. The van der Waals surface area contributed by atoms with E-state index in [1.54, 1.807) is 0 Å². The summed E-state index contributed by atoms with van der Waals surface area (Å²) in [5.74, 6) is 0. The molecule has 0 saturated carbocycles. The fourth-order valence-electron chi connectivity index (χ4n) is 2.23. The molecule has 1 aromatic rings. The van der Waals surface area contributed by atoms with Crippen LogP contribution in [0.3, 0.4) is 0 Å². The van der Waals surface area contributed by atoms with Gasteiger partial charge in [0.05, 0.1) is 13.2 Å². The molecule has 2 heteroatoms. The first kappa shape index (κ1) is 11.6. The average molecular weight is 220 g/mol. The molecule has 1 saturated heterocycles. The molecular weight excluding hydrogens is 200 g/mol. The first-order valence-corrected chi connectivity index (χ1v) is 6.06. The molecule has 0 atom stereocenters. The van der Waals surface area contributed by atoms with E-state index in [-0.39, 0.29) is 6.29 Å². The largest absolute Gasteiger partial charge is 0.346 e. The molecule has 0 spiro atoms. The SMILES string of the molecule is CCCc1ccc(C)c(C)c1C1OCCO1. The van der Waals surface area contributed by atoms with Crippen LogP contribution in [0.5, 0.6) is 0 Å². The lowest BCUT2D eigenvalue weighted by molar-refractivity contribution is -0.0451. The van der Waals surface area contributed by atoms with Gasteiger partial charge in [-0.3, -0.25) is 0 Å². The maximum absolute atomic E-state index is 5.64. The number of rotatable bonds is 3. The summed E-state index contributed by atoms with van der Waals surface area (Å²) in [6.07, 6.45) is 2.11. The molecule has 2 nitrogen and oxygen atoms in total. The summed E-state index contributed by atoms with van der Waals surface area (Å²) in [4.78, 5) is 0.